The van der Waals surface area contributed by atoms with Crippen molar-refractivity contribution in [3.05, 3.63) is 100.0 Å². The van der Waals surface area contributed by atoms with E-state index < -0.39 is 35.2 Å². The molecule has 9 heteroatoms. The molecule has 3 amide bonds. The maximum Gasteiger partial charge on any atom is 0.294 e. The zero-order valence-corrected chi connectivity index (χ0v) is 19.4. The molecule has 0 unspecified atom stereocenters. The minimum Gasteiger partial charge on any atom is -0.488 e. The largest absolute Gasteiger partial charge is 0.488 e. The zero-order valence-electron chi connectivity index (χ0n) is 18.6. The molecular weight excluding hydrogens is 474 g/mol. The molecule has 0 aliphatic carbocycles. The van der Waals surface area contributed by atoms with Gasteiger partial charge in [-0.1, -0.05) is 48.0 Å². The van der Waals surface area contributed by atoms with Crippen molar-refractivity contribution in [1.82, 2.24) is 4.90 Å². The maximum atomic E-state index is 13.8. The maximum absolute atomic E-state index is 13.8. The number of imide groups is 1. The number of carbonyl (C=O) groups excluding carboxylic acids is 3. The second-order valence-electron chi connectivity index (χ2n) is 7.76. The average molecular weight is 495 g/mol. The molecule has 0 atom stereocenters. The van der Waals surface area contributed by atoms with Crippen molar-refractivity contribution in [3.8, 4) is 5.75 Å². The summed E-state index contributed by atoms with van der Waals surface area (Å²) in [6.45, 7) is 1.71. The van der Waals surface area contributed by atoms with Crippen LogP contribution < -0.4 is 10.1 Å². The van der Waals surface area contributed by atoms with Crippen LogP contribution in [0, 0.1) is 18.6 Å². The summed E-state index contributed by atoms with van der Waals surface area (Å²) in [5, 5.41) is 1.61. The standard InChI is InChI=1S/C26H20F2N2O4S/c1-16-5-4-6-17(11-16)15-34-22-8-3-2-7-18(22)12-23-25(32)30(26(33)35-23)14-24(31)29-21-10-9-19(27)13-20(21)28/h2-13H,14-15H2,1H3,(H,29,31)/b23-12+. The minimum atomic E-state index is -0.963. The van der Waals surface area contributed by atoms with E-state index in [1.165, 1.54) is 6.08 Å². The van der Waals surface area contributed by atoms with Crippen molar-refractivity contribution in [1.29, 1.82) is 0 Å². The third-order valence-corrected chi connectivity index (χ3v) is 5.97. The first kappa shape index (κ1) is 24.2. The van der Waals surface area contributed by atoms with Gasteiger partial charge in [0.25, 0.3) is 11.1 Å². The molecule has 0 saturated carbocycles. The summed E-state index contributed by atoms with van der Waals surface area (Å²) < 4.78 is 32.8. The van der Waals surface area contributed by atoms with Crippen molar-refractivity contribution >= 4 is 40.6 Å². The van der Waals surface area contributed by atoms with Crippen LogP contribution in [0.3, 0.4) is 0 Å². The molecular formula is C26H20F2N2O4S. The molecule has 0 radical (unpaired) electrons. The third-order valence-electron chi connectivity index (χ3n) is 5.06. The third kappa shape index (κ3) is 5.93. The van der Waals surface area contributed by atoms with Crippen LogP contribution in [0.2, 0.25) is 0 Å². The lowest BCUT2D eigenvalue weighted by Crippen LogP contribution is -2.36. The second-order valence-corrected chi connectivity index (χ2v) is 8.75. The summed E-state index contributed by atoms with van der Waals surface area (Å²) in [5.74, 6) is -2.66. The van der Waals surface area contributed by atoms with Crippen molar-refractivity contribution < 1.29 is 27.9 Å². The van der Waals surface area contributed by atoms with E-state index in [9.17, 15) is 23.2 Å². The normalized spacial score (nSPS) is 14.5. The molecule has 1 heterocycles. The molecule has 6 nitrogen and oxygen atoms in total. The number of hydrogen-bond acceptors (Lipinski definition) is 5. The molecule has 0 aromatic heterocycles. The predicted molar refractivity (Wildman–Crippen MR) is 130 cm³/mol. The number of carbonyl (C=O) groups is 3. The molecule has 35 heavy (non-hydrogen) atoms. The summed E-state index contributed by atoms with van der Waals surface area (Å²) in [4.78, 5) is 38.4. The number of hydrogen-bond donors (Lipinski definition) is 1. The fourth-order valence-electron chi connectivity index (χ4n) is 3.40. The van der Waals surface area contributed by atoms with Crippen LogP contribution in [-0.4, -0.2) is 28.5 Å². The summed E-state index contributed by atoms with van der Waals surface area (Å²) >= 11 is 0.694. The van der Waals surface area contributed by atoms with E-state index in [2.05, 4.69) is 5.32 Å². The fraction of sp³-hybridized carbons (Fsp3) is 0.115. The molecule has 1 saturated heterocycles. The number of thioether (sulfide) groups is 1. The van der Waals surface area contributed by atoms with Gasteiger partial charge in [-0.25, -0.2) is 8.78 Å². The van der Waals surface area contributed by atoms with E-state index >= 15 is 0 Å². The summed E-state index contributed by atoms with van der Waals surface area (Å²) in [7, 11) is 0. The van der Waals surface area contributed by atoms with Crippen LogP contribution in [0.4, 0.5) is 19.3 Å². The highest BCUT2D eigenvalue weighted by atomic mass is 32.2. The van der Waals surface area contributed by atoms with Crippen molar-refractivity contribution in [2.45, 2.75) is 13.5 Å². The van der Waals surface area contributed by atoms with Gasteiger partial charge >= 0.3 is 0 Å². The Kier molecular flexibility index (Phi) is 7.26. The number of nitrogens with zero attached hydrogens (tertiary/aromatic N) is 1. The summed E-state index contributed by atoms with van der Waals surface area (Å²) in [5.41, 5.74) is 2.45. The number of para-hydroxylation sites is 1. The number of amides is 3. The van der Waals surface area contributed by atoms with Crippen LogP contribution in [-0.2, 0) is 16.2 Å². The van der Waals surface area contributed by atoms with Gasteiger partial charge in [-0.05, 0) is 48.5 Å². The molecule has 1 N–H and O–H groups in total. The Morgan fingerprint density at radius 3 is 2.63 bits per heavy atom. The lowest BCUT2D eigenvalue weighted by molar-refractivity contribution is -0.127. The topological polar surface area (TPSA) is 75.7 Å². The number of nitrogens with one attached hydrogen (secondary N) is 1. The fourth-order valence-corrected chi connectivity index (χ4v) is 4.23. The van der Waals surface area contributed by atoms with E-state index in [4.69, 9.17) is 4.74 Å². The Hall–Kier alpha value is -3.98. The van der Waals surface area contributed by atoms with Crippen molar-refractivity contribution in [2.24, 2.45) is 0 Å². The monoisotopic (exact) mass is 494 g/mol. The van der Waals surface area contributed by atoms with Crippen molar-refractivity contribution in [2.75, 3.05) is 11.9 Å². The van der Waals surface area contributed by atoms with Gasteiger partial charge in [-0.15, -0.1) is 0 Å². The molecule has 178 valence electrons. The highest BCUT2D eigenvalue weighted by Crippen LogP contribution is 2.34. The lowest BCUT2D eigenvalue weighted by atomic mass is 10.1. The van der Waals surface area contributed by atoms with E-state index in [1.54, 1.807) is 24.3 Å². The van der Waals surface area contributed by atoms with Crippen LogP contribution in [0.5, 0.6) is 5.75 Å². The molecule has 1 fully saturated rings. The van der Waals surface area contributed by atoms with Gasteiger partial charge in [-0.3, -0.25) is 19.3 Å². The number of anilines is 1. The van der Waals surface area contributed by atoms with E-state index in [1.807, 2.05) is 31.2 Å². The highest BCUT2D eigenvalue weighted by molar-refractivity contribution is 8.18. The van der Waals surface area contributed by atoms with Crippen molar-refractivity contribution in [3.63, 3.8) is 0 Å². The second kappa shape index (κ2) is 10.5. The van der Waals surface area contributed by atoms with Gasteiger partial charge in [0.1, 0.15) is 30.5 Å². The zero-order chi connectivity index (χ0) is 24.9. The number of aryl methyl sites for hydroxylation is 1. The first-order valence-corrected chi connectivity index (χ1v) is 11.4. The summed E-state index contributed by atoms with van der Waals surface area (Å²) in [6, 6.07) is 17.6. The SMILES string of the molecule is Cc1cccc(COc2ccccc2/C=C2/SC(=O)N(CC(=O)Nc3ccc(F)cc3F)C2=O)c1. The van der Waals surface area contributed by atoms with E-state index in [0.29, 0.717) is 35.7 Å². The molecule has 0 bridgehead atoms. The average Bonchev–Trinajstić information content (AvgIpc) is 3.08. The number of rotatable bonds is 7. The molecule has 3 aromatic carbocycles. The summed E-state index contributed by atoms with van der Waals surface area (Å²) in [6.07, 6.45) is 1.54. The van der Waals surface area contributed by atoms with Gasteiger partial charge in [0, 0.05) is 11.6 Å². The molecule has 4 rings (SSSR count). The predicted octanol–water partition coefficient (Wildman–Crippen LogP) is 5.53. The Bertz CT molecular complexity index is 1340. The van der Waals surface area contributed by atoms with Gasteiger partial charge in [0.05, 0.1) is 10.6 Å². The van der Waals surface area contributed by atoms with Crippen LogP contribution >= 0.6 is 11.8 Å². The Labute approximate surface area is 204 Å². The quantitative estimate of drug-likeness (QED) is 0.438. The minimum absolute atomic E-state index is 0.127. The van der Waals surface area contributed by atoms with Gasteiger partial charge < -0.3 is 10.1 Å². The first-order valence-electron chi connectivity index (χ1n) is 10.6. The molecule has 1 aliphatic rings. The van der Waals surface area contributed by atoms with Gasteiger partial charge in [-0.2, -0.15) is 0 Å². The van der Waals surface area contributed by atoms with Gasteiger partial charge in [0.2, 0.25) is 5.91 Å². The molecule has 0 spiro atoms. The first-order chi connectivity index (χ1) is 16.8. The number of ether oxygens (including phenoxy) is 1. The highest BCUT2D eigenvalue weighted by Gasteiger charge is 2.36. The van der Waals surface area contributed by atoms with Gasteiger partial charge in [0.15, 0.2) is 0 Å². The molecule has 3 aromatic rings. The van der Waals surface area contributed by atoms with E-state index in [-0.39, 0.29) is 10.6 Å². The Morgan fingerprint density at radius 1 is 1.06 bits per heavy atom. The van der Waals surface area contributed by atoms with Crippen LogP contribution in [0.15, 0.2) is 71.6 Å². The number of benzene rings is 3. The van der Waals surface area contributed by atoms with Crippen LogP contribution in [0.1, 0.15) is 16.7 Å². The Balaban J connectivity index is 1.45. The Morgan fingerprint density at radius 2 is 1.86 bits per heavy atom. The number of halogens is 2. The van der Waals surface area contributed by atoms with Crippen LogP contribution in [0.25, 0.3) is 6.08 Å². The smallest absolute Gasteiger partial charge is 0.294 e. The lowest BCUT2D eigenvalue weighted by Gasteiger charge is -2.13. The molecule has 1 aliphatic heterocycles. The van der Waals surface area contributed by atoms with E-state index in [0.717, 1.165) is 28.2 Å².